The Morgan fingerprint density at radius 3 is 2.63 bits per heavy atom. The lowest BCUT2D eigenvalue weighted by atomic mass is 10.1. The molecule has 0 radical (unpaired) electrons. The molecule has 0 aliphatic rings. The Balaban J connectivity index is 2.69. The van der Waals surface area contributed by atoms with E-state index >= 15 is 0 Å². The predicted molar refractivity (Wildman–Crippen MR) is 66.3 cm³/mol. The van der Waals surface area contributed by atoms with Crippen molar-refractivity contribution in [3.8, 4) is 5.75 Å². The van der Waals surface area contributed by atoms with E-state index in [1.807, 2.05) is 0 Å². The van der Waals surface area contributed by atoms with Crippen LogP contribution in [0.3, 0.4) is 0 Å². The van der Waals surface area contributed by atoms with Crippen LogP contribution in [0.25, 0.3) is 10.9 Å². The third-order valence-corrected chi connectivity index (χ3v) is 2.58. The Labute approximate surface area is 107 Å². The van der Waals surface area contributed by atoms with Gasteiger partial charge in [0.05, 0.1) is 24.7 Å². The van der Waals surface area contributed by atoms with Gasteiger partial charge in [-0.1, -0.05) is 0 Å². The third-order valence-electron chi connectivity index (χ3n) is 2.58. The van der Waals surface area contributed by atoms with Crippen LogP contribution < -0.4 is 4.74 Å². The quantitative estimate of drug-likeness (QED) is 0.477. The van der Waals surface area contributed by atoms with Crippen LogP contribution in [0.15, 0.2) is 24.3 Å². The minimum Gasteiger partial charge on any atom is -0.496 e. The van der Waals surface area contributed by atoms with Crippen molar-refractivity contribution in [2.75, 3.05) is 14.2 Å². The maximum absolute atomic E-state index is 11.5. The first-order valence-electron chi connectivity index (χ1n) is 5.28. The maximum atomic E-state index is 11.5. The van der Waals surface area contributed by atoms with Gasteiger partial charge in [0.25, 0.3) is 5.69 Å². The first-order chi connectivity index (χ1) is 9.06. The SMILES string of the molecule is COC(=O)c1cc(OC)c2cc([N+](=O)[O-])ccc2n1. The monoisotopic (exact) mass is 262 g/mol. The largest absolute Gasteiger partial charge is 0.496 e. The summed E-state index contributed by atoms with van der Waals surface area (Å²) < 4.78 is 9.71. The highest BCUT2D eigenvalue weighted by molar-refractivity contribution is 5.94. The number of hydrogen-bond acceptors (Lipinski definition) is 6. The summed E-state index contributed by atoms with van der Waals surface area (Å²) in [7, 11) is 2.66. The average Bonchev–Trinajstić information content (AvgIpc) is 2.44. The van der Waals surface area contributed by atoms with E-state index < -0.39 is 10.9 Å². The number of non-ortho nitro benzene ring substituents is 1. The summed E-state index contributed by atoms with van der Waals surface area (Å²) >= 11 is 0. The molecule has 0 aliphatic carbocycles. The molecule has 19 heavy (non-hydrogen) atoms. The van der Waals surface area contributed by atoms with Crippen LogP contribution >= 0.6 is 0 Å². The summed E-state index contributed by atoms with van der Waals surface area (Å²) in [5.41, 5.74) is 0.435. The van der Waals surface area contributed by atoms with E-state index in [1.165, 1.54) is 38.5 Å². The maximum Gasteiger partial charge on any atom is 0.356 e. The van der Waals surface area contributed by atoms with Gasteiger partial charge in [0, 0.05) is 23.6 Å². The smallest absolute Gasteiger partial charge is 0.356 e. The fourth-order valence-electron chi connectivity index (χ4n) is 1.67. The Bertz CT molecular complexity index is 668. The van der Waals surface area contributed by atoms with E-state index in [4.69, 9.17) is 4.74 Å². The number of nitro benzene ring substituents is 1. The predicted octanol–water partition coefficient (Wildman–Crippen LogP) is 1.94. The van der Waals surface area contributed by atoms with Gasteiger partial charge in [0.15, 0.2) is 5.69 Å². The number of carbonyl (C=O) groups excluding carboxylic acids is 1. The molecule has 0 saturated heterocycles. The van der Waals surface area contributed by atoms with Crippen LogP contribution in [0.1, 0.15) is 10.5 Å². The highest BCUT2D eigenvalue weighted by Crippen LogP contribution is 2.28. The molecule has 1 heterocycles. The van der Waals surface area contributed by atoms with Gasteiger partial charge in [-0.05, 0) is 6.07 Å². The molecule has 7 nitrogen and oxygen atoms in total. The number of rotatable bonds is 3. The minimum absolute atomic E-state index is 0.0709. The fraction of sp³-hybridized carbons (Fsp3) is 0.167. The lowest BCUT2D eigenvalue weighted by Gasteiger charge is -2.07. The number of esters is 1. The van der Waals surface area contributed by atoms with Gasteiger partial charge in [-0.2, -0.15) is 0 Å². The lowest BCUT2D eigenvalue weighted by Crippen LogP contribution is -2.05. The van der Waals surface area contributed by atoms with Crippen LogP contribution in [-0.2, 0) is 4.74 Å². The molecule has 0 spiro atoms. The summed E-state index contributed by atoms with van der Waals surface area (Å²) in [6.07, 6.45) is 0. The third kappa shape index (κ3) is 2.30. The molecule has 1 aromatic carbocycles. The number of ether oxygens (including phenoxy) is 2. The molecule has 7 heteroatoms. The fourth-order valence-corrected chi connectivity index (χ4v) is 1.67. The number of carbonyl (C=O) groups is 1. The standard InChI is InChI=1S/C12H10N2O5/c1-18-11-6-10(12(15)19-2)13-9-4-3-7(14(16)17)5-8(9)11/h3-6H,1-2H3. The normalized spacial score (nSPS) is 10.2. The molecule has 0 atom stereocenters. The van der Waals surface area contributed by atoms with Crippen molar-refractivity contribution in [3.63, 3.8) is 0 Å². The molecule has 98 valence electrons. The van der Waals surface area contributed by atoms with Crippen molar-refractivity contribution >= 4 is 22.6 Å². The molecule has 0 N–H and O–H groups in total. The zero-order valence-corrected chi connectivity index (χ0v) is 10.2. The summed E-state index contributed by atoms with van der Waals surface area (Å²) in [5, 5.41) is 11.2. The Morgan fingerprint density at radius 2 is 2.05 bits per heavy atom. The van der Waals surface area contributed by atoms with E-state index in [0.29, 0.717) is 16.7 Å². The number of pyridine rings is 1. The second kappa shape index (κ2) is 4.89. The van der Waals surface area contributed by atoms with Crippen molar-refractivity contribution in [3.05, 3.63) is 40.1 Å². The van der Waals surface area contributed by atoms with Crippen molar-refractivity contribution < 1.29 is 19.2 Å². The second-order valence-electron chi connectivity index (χ2n) is 3.66. The summed E-state index contributed by atoms with van der Waals surface area (Å²) in [5.74, 6) is -0.271. The molecule has 0 amide bonds. The highest BCUT2D eigenvalue weighted by atomic mass is 16.6. The lowest BCUT2D eigenvalue weighted by molar-refractivity contribution is -0.384. The van der Waals surface area contributed by atoms with Crippen LogP contribution in [0.2, 0.25) is 0 Å². The Morgan fingerprint density at radius 1 is 1.32 bits per heavy atom. The number of hydrogen-bond donors (Lipinski definition) is 0. The molecule has 0 bridgehead atoms. The summed E-state index contributed by atoms with van der Waals surface area (Å²) in [6.45, 7) is 0. The van der Waals surface area contributed by atoms with Gasteiger partial charge in [0.2, 0.25) is 0 Å². The van der Waals surface area contributed by atoms with Gasteiger partial charge in [-0.3, -0.25) is 10.1 Å². The summed E-state index contributed by atoms with van der Waals surface area (Å²) in [6, 6.07) is 5.51. The zero-order valence-electron chi connectivity index (χ0n) is 10.2. The molecule has 1 aromatic heterocycles. The number of nitrogens with zero attached hydrogens (tertiary/aromatic N) is 2. The van der Waals surface area contributed by atoms with Crippen molar-refractivity contribution in [1.29, 1.82) is 0 Å². The van der Waals surface area contributed by atoms with Gasteiger partial charge in [-0.25, -0.2) is 9.78 Å². The highest BCUT2D eigenvalue weighted by Gasteiger charge is 2.15. The van der Waals surface area contributed by atoms with E-state index in [1.54, 1.807) is 0 Å². The molecule has 2 rings (SSSR count). The number of benzene rings is 1. The van der Waals surface area contributed by atoms with Crippen molar-refractivity contribution in [1.82, 2.24) is 4.98 Å². The van der Waals surface area contributed by atoms with Crippen LogP contribution in [0.4, 0.5) is 5.69 Å². The van der Waals surface area contributed by atoms with Crippen molar-refractivity contribution in [2.24, 2.45) is 0 Å². The van der Waals surface area contributed by atoms with E-state index in [2.05, 4.69) is 9.72 Å². The molecule has 0 aliphatic heterocycles. The molecule has 0 saturated carbocycles. The summed E-state index contributed by atoms with van der Waals surface area (Å²) in [4.78, 5) is 25.8. The second-order valence-corrected chi connectivity index (χ2v) is 3.66. The van der Waals surface area contributed by atoms with E-state index in [0.717, 1.165) is 0 Å². The Kier molecular flexibility index (Phi) is 3.28. The first kappa shape index (κ1) is 12.7. The molecular weight excluding hydrogens is 252 g/mol. The Hall–Kier alpha value is -2.70. The minimum atomic E-state index is -0.599. The number of aromatic nitrogens is 1. The van der Waals surface area contributed by atoms with Gasteiger partial charge in [0.1, 0.15) is 5.75 Å². The molecule has 2 aromatic rings. The molecule has 0 fully saturated rings. The first-order valence-corrected chi connectivity index (χ1v) is 5.28. The van der Waals surface area contributed by atoms with E-state index in [9.17, 15) is 14.9 Å². The van der Waals surface area contributed by atoms with Gasteiger partial charge in [-0.15, -0.1) is 0 Å². The molecule has 0 unspecified atom stereocenters. The van der Waals surface area contributed by atoms with Gasteiger partial charge < -0.3 is 9.47 Å². The van der Waals surface area contributed by atoms with Crippen LogP contribution in [-0.4, -0.2) is 30.1 Å². The van der Waals surface area contributed by atoms with Crippen LogP contribution in [0, 0.1) is 10.1 Å². The molecular formula is C12H10N2O5. The van der Waals surface area contributed by atoms with Crippen molar-refractivity contribution in [2.45, 2.75) is 0 Å². The number of methoxy groups -OCH3 is 2. The number of fused-ring (bicyclic) bond motifs is 1. The topological polar surface area (TPSA) is 91.6 Å². The average molecular weight is 262 g/mol. The van der Waals surface area contributed by atoms with Crippen LogP contribution in [0.5, 0.6) is 5.75 Å². The van der Waals surface area contributed by atoms with E-state index in [-0.39, 0.29) is 11.4 Å². The zero-order chi connectivity index (χ0) is 14.0. The number of nitro groups is 1. The van der Waals surface area contributed by atoms with Gasteiger partial charge >= 0.3 is 5.97 Å².